The van der Waals surface area contributed by atoms with E-state index in [-0.39, 0.29) is 5.91 Å². The van der Waals surface area contributed by atoms with E-state index in [2.05, 4.69) is 59.4 Å². The second kappa shape index (κ2) is 11.5. The van der Waals surface area contributed by atoms with Gasteiger partial charge in [0.05, 0.1) is 23.6 Å². The van der Waals surface area contributed by atoms with E-state index in [9.17, 15) is 4.79 Å². The number of hydrogen-bond donors (Lipinski definition) is 1. The zero-order valence-corrected chi connectivity index (χ0v) is 24.1. The van der Waals surface area contributed by atoms with Gasteiger partial charge in [-0.1, -0.05) is 32.0 Å². The van der Waals surface area contributed by atoms with Crippen LogP contribution in [0.15, 0.2) is 42.9 Å². The lowest BCUT2D eigenvalue weighted by Crippen LogP contribution is -2.35. The highest BCUT2D eigenvalue weighted by atomic mass is 16.2. The molecule has 1 fully saturated rings. The van der Waals surface area contributed by atoms with Gasteiger partial charge >= 0.3 is 0 Å². The number of aromatic nitrogens is 5. The van der Waals surface area contributed by atoms with Crippen LogP contribution >= 0.6 is 0 Å². The second-order valence-corrected chi connectivity index (χ2v) is 11.6. The van der Waals surface area contributed by atoms with Gasteiger partial charge < -0.3 is 10.2 Å². The molecule has 1 saturated carbocycles. The quantitative estimate of drug-likeness (QED) is 0.265. The van der Waals surface area contributed by atoms with Crippen LogP contribution in [0.1, 0.15) is 70.2 Å². The van der Waals surface area contributed by atoms with Gasteiger partial charge in [0.25, 0.3) is 0 Å². The number of aryl methyl sites for hydroxylation is 1. The number of hydrogen-bond acceptors (Lipinski definition) is 5. The van der Waals surface area contributed by atoms with Gasteiger partial charge in [-0.05, 0) is 62.6 Å². The molecule has 1 aromatic carbocycles. The topological polar surface area (TPSA) is 80.9 Å². The van der Waals surface area contributed by atoms with Crippen LogP contribution in [0.4, 0.5) is 0 Å². The van der Waals surface area contributed by atoms with E-state index in [0.29, 0.717) is 18.5 Å². The van der Waals surface area contributed by atoms with E-state index in [4.69, 9.17) is 10.1 Å². The van der Waals surface area contributed by atoms with Crippen LogP contribution in [0, 0.1) is 5.92 Å². The molecule has 1 amide bonds. The van der Waals surface area contributed by atoms with Crippen LogP contribution in [-0.4, -0.2) is 55.0 Å². The summed E-state index contributed by atoms with van der Waals surface area (Å²) in [4.78, 5) is 19.1. The largest absolute Gasteiger partial charge is 0.338 e. The lowest BCUT2D eigenvalue weighted by molar-refractivity contribution is -0.129. The van der Waals surface area contributed by atoms with E-state index in [1.807, 2.05) is 22.0 Å². The zero-order valence-electron chi connectivity index (χ0n) is 24.1. The molecular weight excluding hydrogens is 498 g/mol. The lowest BCUT2D eigenvalue weighted by atomic mass is 9.92. The van der Waals surface area contributed by atoms with Crippen LogP contribution in [0.3, 0.4) is 0 Å². The van der Waals surface area contributed by atoms with Crippen molar-refractivity contribution in [3.63, 3.8) is 0 Å². The van der Waals surface area contributed by atoms with Crippen molar-refractivity contribution in [1.82, 2.24) is 34.8 Å². The average Bonchev–Trinajstić information content (AvgIpc) is 3.55. The maximum atomic E-state index is 12.3. The zero-order chi connectivity index (χ0) is 27.6. The Balaban J connectivity index is 1.27. The Morgan fingerprint density at radius 1 is 1.20 bits per heavy atom. The van der Waals surface area contributed by atoms with Crippen molar-refractivity contribution >= 4 is 16.7 Å². The van der Waals surface area contributed by atoms with E-state index in [1.54, 1.807) is 6.92 Å². The van der Waals surface area contributed by atoms with Crippen molar-refractivity contribution < 1.29 is 4.79 Å². The number of carbonyl (C=O) groups is 1. The van der Waals surface area contributed by atoms with Crippen LogP contribution in [0.5, 0.6) is 0 Å². The molecule has 4 heterocycles. The first kappa shape index (κ1) is 26.7. The van der Waals surface area contributed by atoms with Crippen LogP contribution in [-0.2, 0) is 24.3 Å². The van der Waals surface area contributed by atoms with Crippen molar-refractivity contribution in [2.45, 2.75) is 78.4 Å². The predicted molar refractivity (Wildman–Crippen MR) is 159 cm³/mol. The molecule has 0 spiro atoms. The molecule has 1 atom stereocenters. The number of nitrogens with one attached hydrogen (secondary N) is 1. The fourth-order valence-electron chi connectivity index (χ4n) is 6.04. The molecule has 40 heavy (non-hydrogen) atoms. The van der Waals surface area contributed by atoms with E-state index in [0.717, 1.165) is 72.3 Å². The Kier molecular flexibility index (Phi) is 7.69. The van der Waals surface area contributed by atoms with Crippen molar-refractivity contribution in [2.75, 3.05) is 19.6 Å². The first-order valence-corrected chi connectivity index (χ1v) is 15.0. The summed E-state index contributed by atoms with van der Waals surface area (Å²) >= 11 is 0. The molecule has 1 aliphatic carbocycles. The maximum absolute atomic E-state index is 12.3. The Bertz CT molecular complexity index is 1500. The number of carbonyl (C=O) groups excluding carboxylic acids is 1. The van der Waals surface area contributed by atoms with Gasteiger partial charge in [0.1, 0.15) is 0 Å². The molecule has 0 bridgehead atoms. The Labute approximate surface area is 236 Å². The minimum absolute atomic E-state index is 0.126. The highest BCUT2D eigenvalue weighted by Crippen LogP contribution is 2.39. The van der Waals surface area contributed by atoms with Crippen molar-refractivity contribution in [3.8, 4) is 22.5 Å². The van der Waals surface area contributed by atoms with Crippen LogP contribution < -0.4 is 5.32 Å². The number of benzene rings is 1. The van der Waals surface area contributed by atoms with E-state index < -0.39 is 0 Å². The number of nitrogens with zero attached hydrogens (tertiary/aromatic N) is 6. The van der Waals surface area contributed by atoms with Gasteiger partial charge in [0.15, 0.2) is 0 Å². The maximum Gasteiger partial charge on any atom is 0.219 e. The summed E-state index contributed by atoms with van der Waals surface area (Å²) in [6.45, 7) is 10.5. The molecule has 1 aliphatic heterocycles. The minimum Gasteiger partial charge on any atom is -0.338 e. The number of amides is 1. The van der Waals surface area contributed by atoms with Gasteiger partial charge in [-0.25, -0.2) is 0 Å². The van der Waals surface area contributed by atoms with Gasteiger partial charge in [-0.3, -0.25) is 19.1 Å². The summed E-state index contributed by atoms with van der Waals surface area (Å²) in [6.07, 6.45) is 12.8. The first-order chi connectivity index (χ1) is 19.5. The summed E-state index contributed by atoms with van der Waals surface area (Å²) in [5, 5.41) is 15.5. The monoisotopic (exact) mass is 539 g/mol. The standard InChI is InChI=1S/C32H41N7O/c1-4-33-14-11-22(2)12-16-38-20-25(18-35-38)30-17-24-7-5-10-27(28(24)19-34-30)32-29-21-37(23(3)40)15-13-31(29)39(36-32)26-8-6-9-26/h5,7,10,17-20,22,26,33H,4,6,8-9,11-16,21H2,1-3H3. The Morgan fingerprint density at radius 3 is 2.85 bits per heavy atom. The number of fused-ring (bicyclic) bond motifs is 2. The fraction of sp³-hybridized carbons (Fsp3) is 0.500. The van der Waals surface area contributed by atoms with E-state index in [1.165, 1.54) is 36.9 Å². The van der Waals surface area contributed by atoms with Crippen molar-refractivity contribution in [3.05, 3.63) is 54.1 Å². The molecule has 2 aliphatic rings. The number of rotatable bonds is 10. The highest BCUT2D eigenvalue weighted by Gasteiger charge is 2.31. The lowest BCUT2D eigenvalue weighted by Gasteiger charge is -2.31. The first-order valence-electron chi connectivity index (χ1n) is 15.0. The van der Waals surface area contributed by atoms with Crippen LogP contribution in [0.2, 0.25) is 0 Å². The Hall–Kier alpha value is -3.52. The van der Waals surface area contributed by atoms with Crippen LogP contribution in [0.25, 0.3) is 33.3 Å². The molecule has 4 aromatic rings. The van der Waals surface area contributed by atoms with E-state index >= 15 is 0 Å². The molecule has 8 nitrogen and oxygen atoms in total. The van der Waals surface area contributed by atoms with Gasteiger partial charge in [0, 0.05) is 73.1 Å². The molecule has 0 radical (unpaired) electrons. The minimum atomic E-state index is 0.126. The molecule has 3 aromatic heterocycles. The SMILES string of the molecule is CCNCCC(C)CCn1cc(-c2cc3cccc(-c4nn(C5CCC5)c5c4CN(C(C)=O)CC5)c3cn2)cn1. The van der Waals surface area contributed by atoms with Gasteiger partial charge in [0.2, 0.25) is 5.91 Å². The van der Waals surface area contributed by atoms with Gasteiger partial charge in [-0.15, -0.1) is 0 Å². The molecule has 0 saturated heterocycles. The summed E-state index contributed by atoms with van der Waals surface area (Å²) in [6, 6.07) is 9.06. The summed E-state index contributed by atoms with van der Waals surface area (Å²) in [5.74, 6) is 0.783. The molecule has 210 valence electrons. The normalized spacial score (nSPS) is 16.2. The fourth-order valence-corrected chi connectivity index (χ4v) is 6.04. The van der Waals surface area contributed by atoms with Crippen molar-refractivity contribution in [1.29, 1.82) is 0 Å². The average molecular weight is 540 g/mol. The molecule has 8 heteroatoms. The molecule has 1 N–H and O–H groups in total. The second-order valence-electron chi connectivity index (χ2n) is 11.6. The summed E-state index contributed by atoms with van der Waals surface area (Å²) in [7, 11) is 0. The Morgan fingerprint density at radius 2 is 2.08 bits per heavy atom. The smallest absolute Gasteiger partial charge is 0.219 e. The highest BCUT2D eigenvalue weighted by molar-refractivity contribution is 5.97. The third-order valence-electron chi connectivity index (χ3n) is 8.82. The molecule has 1 unspecified atom stereocenters. The predicted octanol–water partition coefficient (Wildman–Crippen LogP) is 5.62. The molecule has 6 rings (SSSR count). The van der Waals surface area contributed by atoms with Crippen molar-refractivity contribution in [2.24, 2.45) is 5.92 Å². The summed E-state index contributed by atoms with van der Waals surface area (Å²) in [5.41, 5.74) is 6.58. The summed E-state index contributed by atoms with van der Waals surface area (Å²) < 4.78 is 4.32. The van der Waals surface area contributed by atoms with Gasteiger partial charge in [-0.2, -0.15) is 10.2 Å². The molecular formula is C32H41N7O. The number of pyridine rings is 1. The third-order valence-corrected chi connectivity index (χ3v) is 8.82. The third kappa shape index (κ3) is 5.29.